The Balaban J connectivity index is 0.000000178. The van der Waals surface area contributed by atoms with Gasteiger partial charge >= 0.3 is 47.8 Å². The maximum absolute atomic E-state index is 13.2. The number of pyridine rings is 4. The minimum atomic E-state index is -0.976. The lowest BCUT2D eigenvalue weighted by molar-refractivity contribution is -0.138. The minimum Gasteiger partial charge on any atom is -0.505 e. The molecule has 0 saturated carbocycles. The summed E-state index contributed by atoms with van der Waals surface area (Å²) in [5.41, 5.74) is 11.5. The molecule has 0 bridgehead atoms. The number of aryl methyl sites for hydroxylation is 2. The van der Waals surface area contributed by atoms with Gasteiger partial charge in [-0.15, -0.1) is 0 Å². The summed E-state index contributed by atoms with van der Waals surface area (Å²) >= 11 is 0. The molecule has 602 valence electrons. The van der Waals surface area contributed by atoms with Crippen molar-refractivity contribution in [3.8, 4) is 23.0 Å². The fraction of sp³-hybridized carbons (Fsp3) is 0.191. The number of phenols is 1. The molecule has 0 spiro atoms. The molecular formula is C89H78F4N4O20. The van der Waals surface area contributed by atoms with Crippen molar-refractivity contribution in [2.45, 2.75) is 51.4 Å². The number of hydrogen-bond acceptors (Lipinski definition) is 22. The van der Waals surface area contributed by atoms with E-state index in [1.165, 1.54) is 131 Å². The number of hydrogen-bond donors (Lipinski definition) is 3. The van der Waals surface area contributed by atoms with Crippen molar-refractivity contribution in [2.24, 2.45) is 0 Å². The summed E-state index contributed by atoms with van der Waals surface area (Å²) < 4.78 is 97.4. The molecular weight excluding hydrogens is 1520 g/mol. The monoisotopic (exact) mass is 1600 g/mol. The highest BCUT2D eigenvalue weighted by Gasteiger charge is 2.25. The predicted molar refractivity (Wildman–Crippen MR) is 424 cm³/mol. The third kappa shape index (κ3) is 22.5. The third-order valence-corrected chi connectivity index (χ3v) is 18.1. The van der Waals surface area contributed by atoms with Gasteiger partial charge in [-0.05, 0) is 215 Å². The number of fused-ring (bicyclic) bond motifs is 4. The minimum absolute atomic E-state index is 0.0610. The lowest BCUT2D eigenvalue weighted by atomic mass is 9.97. The Morgan fingerprint density at radius 3 is 0.889 bits per heavy atom. The van der Waals surface area contributed by atoms with Crippen molar-refractivity contribution in [1.29, 1.82) is 0 Å². The van der Waals surface area contributed by atoms with Crippen molar-refractivity contribution < 1.29 is 114 Å². The molecule has 0 amide bonds. The quantitative estimate of drug-likeness (QED) is 0.0207. The zero-order chi connectivity index (χ0) is 84.6. The molecule has 0 saturated heterocycles. The Kier molecular flexibility index (Phi) is 30.2. The average molecular weight is 1600 g/mol. The first-order valence-corrected chi connectivity index (χ1v) is 35.6. The fourth-order valence-electron chi connectivity index (χ4n) is 12.5. The van der Waals surface area contributed by atoms with Crippen LogP contribution in [0.25, 0.3) is 55.8 Å². The number of phenolic OH excluding ortho intramolecular Hbond substituents is 1. The van der Waals surface area contributed by atoms with Crippen LogP contribution < -0.4 is 14.2 Å². The SMILES string of the molecule is COC(=O)/C=C/c1cc(C(=O)OC)c(OC)c2ncc(Cc3ccc(F)cc3)cc12.COC(=O)/C=C/c1cc(C(=O)OC)c(OC)c2ncc(Cc3ccc(F)cc3)cc12.COC(=O)c1cc(CCC(=O)O)c2cc(Cc3ccc(F)cc3)cnc2c1O.COC(=O)c1cc(CCC(=O)O)c2cc(Cc3ccc(F)cc3)cnc2c1OC. The van der Waals surface area contributed by atoms with E-state index in [1.54, 1.807) is 110 Å². The molecule has 24 nitrogen and oxygen atoms in total. The van der Waals surface area contributed by atoms with Gasteiger partial charge in [0.25, 0.3) is 0 Å². The molecule has 12 rings (SSSR count). The van der Waals surface area contributed by atoms with Gasteiger partial charge in [0.05, 0.1) is 64.0 Å². The van der Waals surface area contributed by atoms with Gasteiger partial charge in [-0.1, -0.05) is 48.5 Å². The largest absolute Gasteiger partial charge is 0.505 e. The fourth-order valence-corrected chi connectivity index (χ4v) is 12.5. The molecule has 0 radical (unpaired) electrons. The lowest BCUT2D eigenvalue weighted by Gasteiger charge is -2.15. The summed E-state index contributed by atoms with van der Waals surface area (Å²) in [5.74, 6) is -6.17. The van der Waals surface area contributed by atoms with Gasteiger partial charge in [-0.25, -0.2) is 46.3 Å². The summed E-state index contributed by atoms with van der Waals surface area (Å²) in [4.78, 5) is 112. The van der Waals surface area contributed by atoms with E-state index in [0.717, 1.165) is 44.5 Å². The number of esters is 6. The summed E-state index contributed by atoms with van der Waals surface area (Å²) in [6, 6.07) is 38.4. The van der Waals surface area contributed by atoms with Crippen molar-refractivity contribution >= 4 is 104 Å². The van der Waals surface area contributed by atoms with Crippen molar-refractivity contribution in [3.63, 3.8) is 0 Å². The predicted octanol–water partition coefficient (Wildman–Crippen LogP) is 15.1. The molecule has 0 atom stereocenters. The maximum Gasteiger partial charge on any atom is 0.341 e. The number of aromatic hydroxyl groups is 1. The molecule has 8 aromatic carbocycles. The molecule has 0 aliphatic heterocycles. The third-order valence-electron chi connectivity index (χ3n) is 18.1. The second-order valence-corrected chi connectivity index (χ2v) is 25.8. The Hall–Kier alpha value is -14.4. The van der Waals surface area contributed by atoms with Crippen LogP contribution in [0, 0.1) is 23.3 Å². The highest BCUT2D eigenvalue weighted by atomic mass is 19.1. The van der Waals surface area contributed by atoms with Gasteiger partial charge in [0, 0.05) is 71.3 Å². The van der Waals surface area contributed by atoms with Crippen LogP contribution in [-0.4, -0.2) is 147 Å². The number of aromatic nitrogens is 4. The van der Waals surface area contributed by atoms with E-state index in [-0.39, 0.29) is 99.7 Å². The molecule has 0 aliphatic rings. The molecule has 0 fully saturated rings. The van der Waals surface area contributed by atoms with Crippen LogP contribution in [0.15, 0.2) is 183 Å². The zero-order valence-corrected chi connectivity index (χ0v) is 64.7. The number of carboxylic acids is 2. The standard InChI is InChI=1S/2C23H20FNO5.C22H20FNO5.C21H18FNO5/c2*1-28-20(26)9-6-16-12-19(23(27)30-3)22(29-2)21-18(16)11-15(13-25-21)10-14-4-7-17(24)8-5-14;1-28-21-18(22(27)29-2)11-15(5-8-19(25)26)17-10-14(12-24-20(17)21)9-13-3-6-16(23)7-4-13;1-28-21(27)17-10-14(4-7-18(24)25)16-9-13(11-23-19(16)20(17)26)8-12-2-5-15(22)6-3-12/h2*4-9,11-13H,10H2,1-3H3;3-4,6-7,10-12H,5,8-9H2,1-2H3,(H,25,26);2-3,5-6,9-11,26H,4,7-8H2,1H3,(H,24,25)/b2*9-6+;;. The van der Waals surface area contributed by atoms with Gasteiger partial charge in [-0.2, -0.15) is 0 Å². The Bertz CT molecular complexity index is 5580. The number of aliphatic carboxylic acids is 2. The Morgan fingerprint density at radius 2 is 0.598 bits per heavy atom. The molecule has 3 N–H and O–H groups in total. The first-order valence-electron chi connectivity index (χ1n) is 35.6. The van der Waals surface area contributed by atoms with Gasteiger partial charge in [0.15, 0.2) is 23.0 Å². The second kappa shape index (κ2) is 40.8. The van der Waals surface area contributed by atoms with E-state index in [9.17, 15) is 61.0 Å². The maximum atomic E-state index is 13.2. The van der Waals surface area contributed by atoms with Crippen LogP contribution in [0.1, 0.15) is 121 Å². The van der Waals surface area contributed by atoms with Crippen LogP contribution in [0.4, 0.5) is 17.6 Å². The summed E-state index contributed by atoms with van der Waals surface area (Å²) in [6.07, 6.45) is 14.4. The van der Waals surface area contributed by atoms with E-state index in [1.807, 2.05) is 18.2 Å². The molecule has 4 aromatic heterocycles. The molecule has 4 heterocycles. The van der Waals surface area contributed by atoms with Crippen LogP contribution in [0.5, 0.6) is 23.0 Å². The van der Waals surface area contributed by atoms with Crippen LogP contribution in [0.3, 0.4) is 0 Å². The number of carbonyl (C=O) groups is 8. The van der Waals surface area contributed by atoms with Crippen molar-refractivity contribution in [2.75, 3.05) is 64.0 Å². The Morgan fingerprint density at radius 1 is 0.333 bits per heavy atom. The van der Waals surface area contributed by atoms with E-state index in [2.05, 4.69) is 34.1 Å². The smallest absolute Gasteiger partial charge is 0.341 e. The molecule has 28 heteroatoms. The summed E-state index contributed by atoms with van der Waals surface area (Å²) in [7, 11) is 11.9. The molecule has 12 aromatic rings. The second-order valence-electron chi connectivity index (χ2n) is 25.8. The van der Waals surface area contributed by atoms with E-state index >= 15 is 0 Å². The number of carboxylic acid groups (broad SMARTS) is 2. The molecule has 117 heavy (non-hydrogen) atoms. The topological polar surface area (TPSA) is 332 Å². The van der Waals surface area contributed by atoms with Crippen LogP contribution >= 0.6 is 0 Å². The van der Waals surface area contributed by atoms with Gasteiger partial charge in [0.2, 0.25) is 0 Å². The number of nitrogens with zero attached hydrogens (tertiary/aromatic N) is 4. The number of benzene rings is 8. The number of carbonyl (C=O) groups excluding carboxylic acids is 6. The number of rotatable bonds is 25. The molecule has 0 unspecified atom stereocenters. The van der Waals surface area contributed by atoms with Crippen LogP contribution in [-0.2, 0) is 86.1 Å². The van der Waals surface area contributed by atoms with Crippen molar-refractivity contribution in [1.82, 2.24) is 19.9 Å². The summed E-state index contributed by atoms with van der Waals surface area (Å²) in [6.45, 7) is 0. The van der Waals surface area contributed by atoms with Gasteiger partial charge < -0.3 is 58.0 Å². The lowest BCUT2D eigenvalue weighted by Crippen LogP contribution is -2.08. The highest BCUT2D eigenvalue weighted by Crippen LogP contribution is 2.38. The zero-order valence-electron chi connectivity index (χ0n) is 64.7. The highest BCUT2D eigenvalue weighted by molar-refractivity contribution is 6.07. The first-order chi connectivity index (χ1) is 56.2. The average Bonchev–Trinajstić information content (AvgIpc) is 0.784. The normalized spacial score (nSPS) is 10.8. The molecule has 0 aliphatic carbocycles. The van der Waals surface area contributed by atoms with Crippen LogP contribution in [0.2, 0.25) is 0 Å². The van der Waals surface area contributed by atoms with Crippen molar-refractivity contribution in [3.05, 3.63) is 295 Å². The number of methoxy groups -OCH3 is 9. The van der Waals surface area contributed by atoms with E-state index in [0.29, 0.717) is 86.0 Å². The van der Waals surface area contributed by atoms with Gasteiger partial charge in [-0.3, -0.25) is 29.5 Å². The van der Waals surface area contributed by atoms with E-state index in [4.69, 9.17) is 38.6 Å². The first kappa shape index (κ1) is 86.5. The van der Waals surface area contributed by atoms with E-state index < -0.39 is 47.8 Å². The Labute approximate surface area is 667 Å². The van der Waals surface area contributed by atoms with Gasteiger partial charge in [0.1, 0.15) is 67.6 Å². The summed E-state index contributed by atoms with van der Waals surface area (Å²) in [5, 5.41) is 31.2. The number of ether oxygens (including phenoxy) is 9. The number of halogens is 4.